The topological polar surface area (TPSA) is 13.0 Å². The minimum Gasteiger partial charge on any atom is -0.504 e. The van der Waals surface area contributed by atoms with E-state index in [0.717, 1.165) is 11.4 Å². The van der Waals surface area contributed by atoms with Crippen LogP contribution in [0.2, 0.25) is 0 Å². The Morgan fingerprint density at radius 1 is 0.679 bits per heavy atom. The van der Waals surface area contributed by atoms with Crippen molar-refractivity contribution in [2.75, 3.05) is 33.7 Å². The van der Waals surface area contributed by atoms with Crippen molar-refractivity contribution in [2.24, 2.45) is 0 Å². The van der Waals surface area contributed by atoms with Gasteiger partial charge in [0.1, 0.15) is 0 Å². The second-order valence-corrected chi connectivity index (χ2v) is 7.10. The van der Waals surface area contributed by atoms with Gasteiger partial charge in [0.25, 0.3) is 0 Å². The first kappa shape index (κ1) is 18.8. The van der Waals surface area contributed by atoms with E-state index in [1.807, 2.05) is 0 Å². The van der Waals surface area contributed by atoms with Crippen LogP contribution >= 0.6 is 0 Å². The van der Waals surface area contributed by atoms with Gasteiger partial charge in [-0.3, -0.25) is 0 Å². The van der Waals surface area contributed by atoms with Crippen LogP contribution in [-0.2, 0) is 19.8 Å². The third-order valence-electron chi connectivity index (χ3n) is 5.12. The molecule has 2 aliphatic heterocycles. The number of hydrogen-bond acceptors (Lipinski definition) is 4. The standard InChI is InChI=1S/C23H21N4.Os/c1-17-12-18(26-15-24(2)20-8-4-6-10-22(20)26)14-19(13-17)27-16-25(3)21-9-5-7-11-23(21)27;/h4-13,15-16H,1-3H3;/q-3;. The SMILES string of the molecule is Cc1cc(N2[CH-]N(C)c3ccccc32)[c-]c(N2[CH-]N(C)c3ccccc32)c1.[Os]. The average molecular weight is 544 g/mol. The molecule has 3 aromatic rings. The van der Waals surface area contributed by atoms with E-state index in [1.54, 1.807) is 0 Å². The van der Waals surface area contributed by atoms with Gasteiger partial charge in [-0.2, -0.15) is 18.9 Å². The van der Waals surface area contributed by atoms with Crippen LogP contribution < -0.4 is 19.6 Å². The Kier molecular flexibility index (Phi) is 4.81. The molecule has 0 spiro atoms. The van der Waals surface area contributed by atoms with Gasteiger partial charge in [0.2, 0.25) is 0 Å². The Morgan fingerprint density at radius 2 is 1.07 bits per heavy atom. The minimum atomic E-state index is 0. The smallest absolute Gasteiger partial charge is 0.0326 e. The fourth-order valence-corrected chi connectivity index (χ4v) is 3.85. The van der Waals surface area contributed by atoms with E-state index in [2.05, 4.69) is 121 Å². The third kappa shape index (κ3) is 2.95. The molecule has 5 heteroatoms. The van der Waals surface area contributed by atoms with Gasteiger partial charge in [0.15, 0.2) is 0 Å². The molecule has 2 heterocycles. The van der Waals surface area contributed by atoms with Crippen molar-refractivity contribution < 1.29 is 19.8 Å². The van der Waals surface area contributed by atoms with Gasteiger partial charge < -0.3 is 19.6 Å². The van der Waals surface area contributed by atoms with Crippen LogP contribution in [0.3, 0.4) is 0 Å². The zero-order valence-electron chi connectivity index (χ0n) is 16.1. The predicted octanol–water partition coefficient (Wildman–Crippen LogP) is 5.21. The number of hydrogen-bond donors (Lipinski definition) is 0. The van der Waals surface area contributed by atoms with Crippen molar-refractivity contribution in [3.8, 4) is 0 Å². The monoisotopic (exact) mass is 545 g/mol. The van der Waals surface area contributed by atoms with Gasteiger partial charge in [-0.15, -0.1) is 29.6 Å². The van der Waals surface area contributed by atoms with Crippen molar-refractivity contribution in [3.63, 3.8) is 0 Å². The molecule has 3 aromatic carbocycles. The number of fused-ring (bicyclic) bond motifs is 2. The van der Waals surface area contributed by atoms with E-state index in [1.165, 1.54) is 28.3 Å². The molecule has 4 nitrogen and oxygen atoms in total. The van der Waals surface area contributed by atoms with Gasteiger partial charge in [-0.05, 0) is 38.4 Å². The summed E-state index contributed by atoms with van der Waals surface area (Å²) in [5.41, 5.74) is 8.05. The summed E-state index contributed by atoms with van der Waals surface area (Å²) in [6, 6.07) is 24.9. The van der Waals surface area contributed by atoms with Crippen LogP contribution in [0.25, 0.3) is 0 Å². The Balaban J connectivity index is 0.00000192. The number of anilines is 6. The molecule has 0 saturated heterocycles. The van der Waals surface area contributed by atoms with Crippen LogP contribution in [-0.4, -0.2) is 14.1 Å². The molecule has 5 rings (SSSR count). The summed E-state index contributed by atoms with van der Waals surface area (Å²) in [5.74, 6) is 0. The van der Waals surface area contributed by atoms with E-state index in [0.29, 0.717) is 0 Å². The van der Waals surface area contributed by atoms with Crippen LogP contribution in [0.15, 0.2) is 60.7 Å². The van der Waals surface area contributed by atoms with Gasteiger partial charge in [-0.1, -0.05) is 31.2 Å². The minimum absolute atomic E-state index is 0. The molecule has 28 heavy (non-hydrogen) atoms. The molecule has 0 aromatic heterocycles. The summed E-state index contributed by atoms with van der Waals surface area (Å²) in [6.45, 7) is 6.37. The normalized spacial score (nSPS) is 14.8. The number of para-hydroxylation sites is 4. The molecule has 0 fully saturated rings. The second kappa shape index (κ2) is 7.15. The third-order valence-corrected chi connectivity index (χ3v) is 5.12. The molecule has 0 radical (unpaired) electrons. The largest absolute Gasteiger partial charge is 0.504 e. The molecular weight excluding hydrogens is 523 g/mol. The maximum atomic E-state index is 3.63. The zero-order valence-corrected chi connectivity index (χ0v) is 18.6. The first-order chi connectivity index (χ1) is 13.1. The van der Waals surface area contributed by atoms with Gasteiger partial charge in [0.05, 0.1) is 0 Å². The van der Waals surface area contributed by atoms with E-state index >= 15 is 0 Å². The predicted molar refractivity (Wildman–Crippen MR) is 113 cm³/mol. The van der Waals surface area contributed by atoms with Gasteiger partial charge >= 0.3 is 0 Å². The van der Waals surface area contributed by atoms with Crippen molar-refractivity contribution in [3.05, 3.63) is 85.6 Å². The molecule has 2 aliphatic rings. The summed E-state index contributed by atoms with van der Waals surface area (Å²) in [7, 11) is 4.16. The zero-order chi connectivity index (χ0) is 18.5. The van der Waals surface area contributed by atoms with E-state index in [-0.39, 0.29) is 19.8 Å². The van der Waals surface area contributed by atoms with Crippen LogP contribution in [0, 0.1) is 26.3 Å². The van der Waals surface area contributed by atoms with Crippen LogP contribution in [0.1, 0.15) is 5.56 Å². The molecule has 0 saturated carbocycles. The maximum Gasteiger partial charge on any atom is 0.0326 e. The first-order valence-electron chi connectivity index (χ1n) is 9.08. The summed E-state index contributed by atoms with van der Waals surface area (Å²) in [4.78, 5) is 8.71. The summed E-state index contributed by atoms with van der Waals surface area (Å²) < 4.78 is 0. The molecular formula is C23H21N4Os-3. The van der Waals surface area contributed by atoms with Gasteiger partial charge in [0, 0.05) is 42.5 Å². The Bertz CT molecular complexity index is 941. The van der Waals surface area contributed by atoms with Crippen molar-refractivity contribution in [1.82, 2.24) is 0 Å². The number of aryl methyl sites for hydroxylation is 1. The van der Waals surface area contributed by atoms with E-state index in [4.69, 9.17) is 0 Å². The summed E-state index contributed by atoms with van der Waals surface area (Å²) in [5, 5.41) is 0. The van der Waals surface area contributed by atoms with Crippen molar-refractivity contribution in [1.29, 1.82) is 0 Å². The Morgan fingerprint density at radius 3 is 1.50 bits per heavy atom. The maximum absolute atomic E-state index is 3.63. The number of nitrogens with zero attached hydrogens (tertiary/aromatic N) is 4. The Labute approximate surface area is 180 Å². The Hall–Kier alpha value is -2.50. The molecule has 0 unspecified atom stereocenters. The molecule has 0 aliphatic carbocycles. The van der Waals surface area contributed by atoms with E-state index in [9.17, 15) is 0 Å². The molecule has 0 atom stereocenters. The van der Waals surface area contributed by atoms with E-state index < -0.39 is 0 Å². The quantitative estimate of drug-likeness (QED) is 0.412. The molecule has 144 valence electrons. The second-order valence-electron chi connectivity index (χ2n) is 7.10. The van der Waals surface area contributed by atoms with Crippen LogP contribution in [0.5, 0.6) is 0 Å². The fourth-order valence-electron chi connectivity index (χ4n) is 3.85. The van der Waals surface area contributed by atoms with Gasteiger partial charge in [-0.25, -0.2) is 0 Å². The van der Waals surface area contributed by atoms with Crippen LogP contribution in [0.4, 0.5) is 34.1 Å². The fraction of sp³-hybridized carbons (Fsp3) is 0.130. The summed E-state index contributed by atoms with van der Waals surface area (Å²) in [6.07, 6.45) is 0. The average Bonchev–Trinajstić information content (AvgIpc) is 3.20. The first-order valence-corrected chi connectivity index (χ1v) is 9.08. The van der Waals surface area contributed by atoms with Crippen molar-refractivity contribution >= 4 is 34.1 Å². The summed E-state index contributed by atoms with van der Waals surface area (Å²) >= 11 is 0. The molecule has 0 amide bonds. The molecule has 0 bridgehead atoms. The van der Waals surface area contributed by atoms with Crippen molar-refractivity contribution in [2.45, 2.75) is 6.92 Å². The number of rotatable bonds is 2. The molecule has 0 N–H and O–H groups in total. The number of benzene rings is 3.